The normalized spacial score (nSPS) is 32.0. The highest BCUT2D eigenvalue weighted by molar-refractivity contribution is 5.80. The van der Waals surface area contributed by atoms with Crippen molar-refractivity contribution in [2.24, 2.45) is 5.92 Å². The van der Waals surface area contributed by atoms with Crippen LogP contribution in [0.3, 0.4) is 0 Å². The lowest BCUT2D eigenvalue weighted by Crippen LogP contribution is -2.62. The summed E-state index contributed by atoms with van der Waals surface area (Å²) in [4.78, 5) is 12.6. The molecule has 2 aliphatic rings. The van der Waals surface area contributed by atoms with Gasteiger partial charge >= 0.3 is 0 Å². The van der Waals surface area contributed by atoms with Gasteiger partial charge in [-0.1, -0.05) is 6.92 Å². The second-order valence-electron chi connectivity index (χ2n) is 7.81. The Kier molecular flexibility index (Phi) is 4.96. The Morgan fingerprint density at radius 1 is 1.19 bits per heavy atom. The highest BCUT2D eigenvalue weighted by Crippen LogP contribution is 2.29. The molecule has 0 bridgehead atoms. The van der Waals surface area contributed by atoms with E-state index in [1.54, 1.807) is 0 Å². The Morgan fingerprint density at radius 3 is 2.38 bits per heavy atom. The topological polar surface area (TPSA) is 62.4 Å². The Bertz CT molecular complexity index is 366. The summed E-state index contributed by atoms with van der Waals surface area (Å²) in [5.41, 5.74) is 0.0971. The molecule has 0 aromatic heterocycles. The van der Waals surface area contributed by atoms with E-state index in [2.05, 4.69) is 50.6 Å². The molecule has 2 heterocycles. The number of piperidine rings is 1. The molecule has 2 aliphatic heterocycles. The Hall–Kier alpha value is -0.650. The second kappa shape index (κ2) is 6.23. The van der Waals surface area contributed by atoms with Gasteiger partial charge in [-0.15, -0.1) is 0 Å². The molecule has 0 spiro atoms. The van der Waals surface area contributed by atoms with Gasteiger partial charge in [0.25, 0.3) is 0 Å². The molecule has 0 aliphatic carbocycles. The van der Waals surface area contributed by atoms with Crippen molar-refractivity contribution in [1.82, 2.24) is 16.0 Å². The minimum atomic E-state index is -0.0638. The van der Waals surface area contributed by atoms with Crippen molar-refractivity contribution in [2.75, 3.05) is 19.8 Å². The first-order valence-corrected chi connectivity index (χ1v) is 8.13. The van der Waals surface area contributed by atoms with Crippen molar-refractivity contribution < 1.29 is 9.53 Å². The molecule has 0 saturated carbocycles. The van der Waals surface area contributed by atoms with Crippen molar-refractivity contribution in [3.05, 3.63) is 0 Å². The number of carbonyl (C=O) groups excluding carboxylic acids is 1. The van der Waals surface area contributed by atoms with Crippen LogP contribution in [0.15, 0.2) is 0 Å². The Labute approximate surface area is 128 Å². The fraction of sp³-hybridized carbons (Fsp3) is 0.938. The molecular formula is C16H31N3O2. The Morgan fingerprint density at radius 2 is 1.81 bits per heavy atom. The van der Waals surface area contributed by atoms with Gasteiger partial charge in [-0.25, -0.2) is 0 Å². The lowest BCUT2D eigenvalue weighted by Gasteiger charge is -2.46. The zero-order valence-corrected chi connectivity index (χ0v) is 14.1. The van der Waals surface area contributed by atoms with Gasteiger partial charge in [-0.2, -0.15) is 0 Å². The highest BCUT2D eigenvalue weighted by Gasteiger charge is 2.40. The monoisotopic (exact) mass is 297 g/mol. The van der Waals surface area contributed by atoms with E-state index < -0.39 is 0 Å². The zero-order valence-electron chi connectivity index (χ0n) is 14.1. The number of carbonyl (C=O) groups is 1. The summed E-state index contributed by atoms with van der Waals surface area (Å²) >= 11 is 0. The van der Waals surface area contributed by atoms with E-state index in [-0.39, 0.29) is 35.0 Å². The van der Waals surface area contributed by atoms with Gasteiger partial charge in [0, 0.05) is 23.2 Å². The van der Waals surface area contributed by atoms with Crippen molar-refractivity contribution >= 4 is 5.91 Å². The summed E-state index contributed by atoms with van der Waals surface area (Å²) < 4.78 is 5.48. The van der Waals surface area contributed by atoms with Gasteiger partial charge in [0.1, 0.15) is 0 Å². The molecule has 0 aromatic carbocycles. The van der Waals surface area contributed by atoms with E-state index in [4.69, 9.17) is 4.74 Å². The smallest absolute Gasteiger partial charge is 0.227 e. The zero-order chi connectivity index (χ0) is 15.7. The lowest BCUT2D eigenvalue weighted by atomic mass is 9.79. The van der Waals surface area contributed by atoms with Crippen LogP contribution < -0.4 is 16.0 Å². The Balaban J connectivity index is 1.95. The number of hydrogen-bond donors (Lipinski definition) is 3. The third-order valence-corrected chi connectivity index (χ3v) is 4.42. The van der Waals surface area contributed by atoms with Gasteiger partial charge in [0.2, 0.25) is 5.91 Å². The number of likely N-dealkylation sites (N-methyl/N-ethyl adjacent to an activating group) is 1. The average Bonchev–Trinajstić information content (AvgIpc) is 2.73. The van der Waals surface area contributed by atoms with Gasteiger partial charge in [0.05, 0.1) is 19.1 Å². The van der Waals surface area contributed by atoms with Crippen LogP contribution in [-0.2, 0) is 9.53 Å². The van der Waals surface area contributed by atoms with E-state index in [1.807, 2.05) is 0 Å². The molecular weight excluding hydrogens is 266 g/mol. The first-order chi connectivity index (χ1) is 9.72. The van der Waals surface area contributed by atoms with Crippen LogP contribution in [0.25, 0.3) is 0 Å². The third-order valence-electron chi connectivity index (χ3n) is 4.42. The fourth-order valence-electron chi connectivity index (χ4n) is 4.01. The van der Waals surface area contributed by atoms with Crippen LogP contribution in [0, 0.1) is 5.92 Å². The minimum Gasteiger partial charge on any atom is -0.379 e. The highest BCUT2D eigenvalue weighted by atomic mass is 16.5. The van der Waals surface area contributed by atoms with Crippen LogP contribution in [0.4, 0.5) is 0 Å². The van der Waals surface area contributed by atoms with Gasteiger partial charge in [0.15, 0.2) is 0 Å². The molecule has 0 radical (unpaired) electrons. The predicted octanol–water partition coefficient (Wildman–Crippen LogP) is 1.04. The SMILES string of the molecule is CCNC1COCC1C(=O)NC1CC(C)(C)NC(C)(C)C1. The van der Waals surface area contributed by atoms with Crippen LogP contribution in [0.1, 0.15) is 47.5 Å². The second-order valence-corrected chi connectivity index (χ2v) is 7.81. The van der Waals surface area contributed by atoms with E-state index in [0.717, 1.165) is 19.4 Å². The number of hydrogen-bond acceptors (Lipinski definition) is 4. The molecule has 2 saturated heterocycles. The average molecular weight is 297 g/mol. The summed E-state index contributed by atoms with van der Waals surface area (Å²) in [6.45, 7) is 12.9. The number of nitrogens with one attached hydrogen (secondary N) is 3. The van der Waals surface area contributed by atoms with Crippen molar-refractivity contribution in [1.29, 1.82) is 0 Å². The van der Waals surface area contributed by atoms with Crippen molar-refractivity contribution in [3.63, 3.8) is 0 Å². The standard InChI is InChI=1S/C16H31N3O2/c1-6-17-13-10-21-9-12(13)14(20)18-11-7-15(2,3)19-16(4,5)8-11/h11-13,17,19H,6-10H2,1-5H3,(H,18,20). The predicted molar refractivity (Wildman–Crippen MR) is 84.2 cm³/mol. The maximum Gasteiger partial charge on any atom is 0.227 e. The third kappa shape index (κ3) is 4.41. The maximum absolute atomic E-state index is 12.6. The largest absolute Gasteiger partial charge is 0.379 e. The molecule has 3 N–H and O–H groups in total. The van der Waals surface area contributed by atoms with E-state index in [1.165, 1.54) is 0 Å². The summed E-state index contributed by atoms with van der Waals surface area (Å²) in [7, 11) is 0. The van der Waals surface area contributed by atoms with Gasteiger partial charge in [-0.3, -0.25) is 4.79 Å². The minimum absolute atomic E-state index is 0.0486. The molecule has 5 nitrogen and oxygen atoms in total. The fourth-order valence-corrected chi connectivity index (χ4v) is 4.01. The first kappa shape index (κ1) is 16.7. The number of ether oxygens (including phenoxy) is 1. The van der Waals surface area contributed by atoms with Gasteiger partial charge < -0.3 is 20.7 Å². The number of amides is 1. The molecule has 5 heteroatoms. The van der Waals surface area contributed by atoms with Crippen LogP contribution in [0.2, 0.25) is 0 Å². The molecule has 0 aromatic rings. The van der Waals surface area contributed by atoms with Crippen molar-refractivity contribution in [3.8, 4) is 0 Å². The first-order valence-electron chi connectivity index (χ1n) is 8.13. The quantitative estimate of drug-likeness (QED) is 0.725. The van der Waals surface area contributed by atoms with Crippen molar-refractivity contribution in [2.45, 2.75) is 70.6 Å². The lowest BCUT2D eigenvalue weighted by molar-refractivity contribution is -0.126. The molecule has 122 valence electrons. The van der Waals surface area contributed by atoms with E-state index in [9.17, 15) is 4.79 Å². The molecule has 2 fully saturated rings. The van der Waals surface area contributed by atoms with Gasteiger partial charge in [-0.05, 0) is 47.1 Å². The molecule has 2 unspecified atom stereocenters. The summed E-state index contributed by atoms with van der Waals surface area (Å²) in [5.74, 6) is 0.0722. The summed E-state index contributed by atoms with van der Waals surface area (Å²) in [6, 6.07) is 0.379. The molecule has 1 amide bonds. The summed E-state index contributed by atoms with van der Waals surface area (Å²) in [6.07, 6.45) is 1.92. The summed E-state index contributed by atoms with van der Waals surface area (Å²) in [5, 5.41) is 10.3. The van der Waals surface area contributed by atoms with Crippen LogP contribution >= 0.6 is 0 Å². The molecule has 2 rings (SSSR count). The number of rotatable bonds is 4. The van der Waals surface area contributed by atoms with E-state index >= 15 is 0 Å². The maximum atomic E-state index is 12.6. The van der Waals surface area contributed by atoms with E-state index in [0.29, 0.717) is 13.2 Å². The molecule has 2 atom stereocenters. The molecule has 21 heavy (non-hydrogen) atoms. The van der Waals surface area contributed by atoms with Crippen LogP contribution in [-0.4, -0.2) is 48.8 Å². The van der Waals surface area contributed by atoms with Crippen LogP contribution in [0.5, 0.6) is 0 Å².